The highest BCUT2D eigenvalue weighted by Crippen LogP contribution is 2.15. The molecule has 7 heteroatoms. The van der Waals surface area contributed by atoms with Gasteiger partial charge in [-0.15, -0.1) is 24.8 Å². The molecule has 1 unspecified atom stereocenters. The number of nitrogens with one attached hydrogen (secondary N) is 1. The van der Waals surface area contributed by atoms with Gasteiger partial charge in [0.05, 0.1) is 5.69 Å². The molecule has 0 aliphatic rings. The normalized spacial score (nSPS) is 11.1. The maximum Gasteiger partial charge on any atom is 0.248 e. The first-order chi connectivity index (χ1) is 9.51. The first kappa shape index (κ1) is 20.4. The molecular formula is C15H22Cl2N4O. The maximum absolute atomic E-state index is 12.2. The predicted octanol–water partition coefficient (Wildman–Crippen LogP) is 3.00. The van der Waals surface area contributed by atoms with Crippen molar-refractivity contribution in [1.82, 2.24) is 9.78 Å². The van der Waals surface area contributed by atoms with Gasteiger partial charge < -0.3 is 11.1 Å². The van der Waals surface area contributed by atoms with Crippen molar-refractivity contribution in [3.8, 4) is 0 Å². The number of hydrogen-bond acceptors (Lipinski definition) is 3. The zero-order valence-corrected chi connectivity index (χ0v) is 14.5. The van der Waals surface area contributed by atoms with Gasteiger partial charge in [0.25, 0.3) is 0 Å². The monoisotopic (exact) mass is 344 g/mol. The Kier molecular flexibility index (Phi) is 8.16. The fourth-order valence-electron chi connectivity index (χ4n) is 2.12. The van der Waals surface area contributed by atoms with E-state index in [1.807, 2.05) is 51.1 Å². The van der Waals surface area contributed by atoms with Crippen molar-refractivity contribution >= 4 is 36.4 Å². The molecule has 1 aromatic carbocycles. The van der Waals surface area contributed by atoms with Gasteiger partial charge in [0, 0.05) is 17.9 Å². The van der Waals surface area contributed by atoms with Crippen molar-refractivity contribution in [3.63, 3.8) is 0 Å². The first-order valence-corrected chi connectivity index (χ1v) is 6.64. The zero-order chi connectivity index (χ0) is 14.7. The lowest BCUT2D eigenvalue weighted by Crippen LogP contribution is -2.25. The van der Waals surface area contributed by atoms with E-state index in [0.29, 0.717) is 6.54 Å². The first-order valence-electron chi connectivity index (χ1n) is 6.64. The number of rotatable bonds is 4. The zero-order valence-electron chi connectivity index (χ0n) is 12.9. The highest BCUT2D eigenvalue weighted by Gasteiger charge is 2.17. The number of nitrogens with zero attached hydrogens (tertiary/aromatic N) is 2. The minimum atomic E-state index is -0.349. The van der Waals surface area contributed by atoms with Gasteiger partial charge in [-0.2, -0.15) is 5.10 Å². The smallest absolute Gasteiger partial charge is 0.248 e. The lowest BCUT2D eigenvalue weighted by molar-refractivity contribution is -0.119. The van der Waals surface area contributed by atoms with E-state index >= 15 is 0 Å². The molecule has 1 atom stereocenters. The molecule has 0 aliphatic heterocycles. The van der Waals surface area contributed by atoms with Gasteiger partial charge in [-0.1, -0.05) is 12.1 Å². The summed E-state index contributed by atoms with van der Waals surface area (Å²) in [7, 11) is 0. The summed E-state index contributed by atoms with van der Waals surface area (Å²) in [4.78, 5) is 12.2. The largest absolute Gasteiger partial charge is 0.326 e. The fraction of sp³-hybridized carbons (Fsp3) is 0.333. The number of amides is 1. The van der Waals surface area contributed by atoms with Crippen LogP contribution in [0.25, 0.3) is 0 Å². The topological polar surface area (TPSA) is 72.9 Å². The van der Waals surface area contributed by atoms with Crippen LogP contribution in [0.5, 0.6) is 0 Å². The van der Waals surface area contributed by atoms with E-state index in [4.69, 9.17) is 5.73 Å². The van der Waals surface area contributed by atoms with Gasteiger partial charge in [0.2, 0.25) is 5.91 Å². The second kappa shape index (κ2) is 8.78. The molecule has 22 heavy (non-hydrogen) atoms. The molecular weight excluding hydrogens is 323 g/mol. The molecule has 3 N–H and O–H groups in total. The van der Waals surface area contributed by atoms with E-state index in [-0.39, 0.29) is 36.8 Å². The van der Waals surface area contributed by atoms with Crippen LogP contribution in [0, 0.1) is 13.8 Å². The average Bonchev–Trinajstić information content (AvgIpc) is 2.77. The molecule has 0 aliphatic carbocycles. The number of halogens is 2. The van der Waals surface area contributed by atoms with Crippen LogP contribution in [-0.4, -0.2) is 15.7 Å². The van der Waals surface area contributed by atoms with Crippen molar-refractivity contribution in [2.24, 2.45) is 5.73 Å². The van der Waals surface area contributed by atoms with Gasteiger partial charge in [-0.05, 0) is 44.5 Å². The second-order valence-corrected chi connectivity index (χ2v) is 4.94. The molecule has 1 amide bonds. The van der Waals surface area contributed by atoms with E-state index in [1.165, 1.54) is 0 Å². The summed E-state index contributed by atoms with van der Waals surface area (Å²) in [6.45, 7) is 6.19. The summed E-state index contributed by atoms with van der Waals surface area (Å²) in [5.74, 6) is -0.0864. The summed E-state index contributed by atoms with van der Waals surface area (Å²) in [5, 5.41) is 7.23. The minimum Gasteiger partial charge on any atom is -0.326 e. The number of aromatic nitrogens is 2. The Hall–Kier alpha value is -1.56. The highest BCUT2D eigenvalue weighted by atomic mass is 35.5. The van der Waals surface area contributed by atoms with E-state index in [2.05, 4.69) is 10.4 Å². The van der Waals surface area contributed by atoms with Gasteiger partial charge in [-0.3, -0.25) is 9.48 Å². The van der Waals surface area contributed by atoms with Gasteiger partial charge >= 0.3 is 0 Å². The Balaban J connectivity index is 0.00000220. The van der Waals surface area contributed by atoms with E-state index in [1.54, 1.807) is 4.68 Å². The number of hydrogen-bond donors (Lipinski definition) is 2. The molecule has 5 nitrogen and oxygen atoms in total. The third-order valence-electron chi connectivity index (χ3n) is 3.25. The Morgan fingerprint density at radius 3 is 2.32 bits per heavy atom. The fourth-order valence-corrected chi connectivity index (χ4v) is 2.12. The standard InChI is InChI=1S/C15H20N4O.2ClH/c1-10-8-11(2)19(18-10)12(3)15(20)17-14-6-4-13(9-16)5-7-14;;/h4-8,12H,9,16H2,1-3H3,(H,17,20);2*1H. The van der Waals surface area contributed by atoms with Crippen molar-refractivity contribution in [3.05, 3.63) is 47.3 Å². The number of carbonyl (C=O) groups is 1. The van der Waals surface area contributed by atoms with Crippen LogP contribution in [0.15, 0.2) is 30.3 Å². The minimum absolute atomic E-state index is 0. The number of benzene rings is 1. The Bertz CT molecular complexity index is 611. The summed E-state index contributed by atoms with van der Waals surface area (Å²) in [6, 6.07) is 9.13. The van der Waals surface area contributed by atoms with E-state index < -0.39 is 0 Å². The molecule has 2 aromatic rings. The molecule has 0 fully saturated rings. The predicted molar refractivity (Wildman–Crippen MR) is 93.9 cm³/mol. The molecule has 0 bridgehead atoms. The van der Waals surface area contributed by atoms with Crippen LogP contribution in [0.4, 0.5) is 5.69 Å². The lowest BCUT2D eigenvalue weighted by atomic mass is 10.2. The van der Waals surface area contributed by atoms with E-state index in [9.17, 15) is 4.79 Å². The van der Waals surface area contributed by atoms with Crippen LogP contribution in [0.1, 0.15) is 29.9 Å². The molecule has 2 rings (SSSR count). The number of aryl methyl sites for hydroxylation is 2. The van der Waals surface area contributed by atoms with Crippen molar-refractivity contribution < 1.29 is 4.79 Å². The van der Waals surface area contributed by atoms with E-state index in [0.717, 1.165) is 22.6 Å². The molecule has 0 spiro atoms. The van der Waals surface area contributed by atoms with Crippen LogP contribution in [0.3, 0.4) is 0 Å². The molecule has 122 valence electrons. The van der Waals surface area contributed by atoms with Crippen molar-refractivity contribution in [2.45, 2.75) is 33.4 Å². The van der Waals surface area contributed by atoms with Crippen molar-refractivity contribution in [2.75, 3.05) is 5.32 Å². The van der Waals surface area contributed by atoms with Crippen LogP contribution < -0.4 is 11.1 Å². The molecule has 1 aromatic heterocycles. The molecule has 0 radical (unpaired) electrons. The van der Waals surface area contributed by atoms with Gasteiger partial charge in [-0.25, -0.2) is 0 Å². The van der Waals surface area contributed by atoms with Crippen molar-refractivity contribution in [1.29, 1.82) is 0 Å². The summed E-state index contributed by atoms with van der Waals surface area (Å²) < 4.78 is 1.74. The third kappa shape index (κ3) is 4.73. The Morgan fingerprint density at radius 2 is 1.86 bits per heavy atom. The van der Waals surface area contributed by atoms with Crippen LogP contribution in [0.2, 0.25) is 0 Å². The maximum atomic E-state index is 12.2. The van der Waals surface area contributed by atoms with Gasteiger partial charge in [0.15, 0.2) is 0 Å². The lowest BCUT2D eigenvalue weighted by Gasteiger charge is -2.14. The summed E-state index contributed by atoms with van der Waals surface area (Å²) in [5.41, 5.74) is 9.23. The number of carbonyl (C=O) groups excluding carboxylic acids is 1. The average molecular weight is 345 g/mol. The number of nitrogens with two attached hydrogens (primary N) is 1. The Morgan fingerprint density at radius 1 is 1.27 bits per heavy atom. The third-order valence-corrected chi connectivity index (χ3v) is 3.25. The van der Waals surface area contributed by atoms with Crippen LogP contribution in [-0.2, 0) is 11.3 Å². The molecule has 1 heterocycles. The summed E-state index contributed by atoms with van der Waals surface area (Å²) >= 11 is 0. The Labute approximate surface area is 143 Å². The summed E-state index contributed by atoms with van der Waals surface area (Å²) in [6.07, 6.45) is 0. The number of anilines is 1. The highest BCUT2D eigenvalue weighted by molar-refractivity contribution is 5.93. The van der Waals surface area contributed by atoms with Gasteiger partial charge in [0.1, 0.15) is 6.04 Å². The molecule has 0 saturated heterocycles. The molecule has 0 saturated carbocycles. The SMILES string of the molecule is Cc1cc(C)n(C(C)C(=O)Nc2ccc(CN)cc2)n1.Cl.Cl. The second-order valence-electron chi connectivity index (χ2n) is 4.94. The van der Waals surface area contributed by atoms with Crippen LogP contribution >= 0.6 is 24.8 Å². The quantitative estimate of drug-likeness (QED) is 0.895.